The van der Waals surface area contributed by atoms with Crippen molar-refractivity contribution >= 4 is 65.4 Å². The third-order valence-electron chi connectivity index (χ3n) is 21.1. The van der Waals surface area contributed by atoms with Crippen LogP contribution >= 0.6 is 0 Å². The number of rotatable bonds is 13. The zero-order valence-electron chi connectivity index (χ0n) is 57.3. The molecular formula is C100H65N5. The molecule has 0 spiro atoms. The number of benzene rings is 15. The molecule has 5 heterocycles. The highest BCUT2D eigenvalue weighted by atomic mass is 15.2. The van der Waals surface area contributed by atoms with E-state index in [4.69, 9.17) is 9.97 Å². The van der Waals surface area contributed by atoms with Gasteiger partial charge in [-0.05, 0) is 163 Å². The minimum absolute atomic E-state index is 0.760. The highest BCUT2D eigenvalue weighted by molar-refractivity contribution is 6.17. The maximum atomic E-state index is 6.64. The van der Waals surface area contributed by atoms with Crippen LogP contribution in [0.5, 0.6) is 0 Å². The van der Waals surface area contributed by atoms with Crippen molar-refractivity contribution in [1.82, 2.24) is 23.7 Å². The van der Waals surface area contributed by atoms with Crippen LogP contribution in [0, 0.1) is 0 Å². The molecule has 105 heavy (non-hydrogen) atoms. The molecule has 20 rings (SSSR count). The molecule has 0 aliphatic rings. The van der Waals surface area contributed by atoms with E-state index in [0.29, 0.717) is 0 Å². The zero-order chi connectivity index (χ0) is 69.3. The SMILES string of the molecule is c1ccc(-c2ccc3c(c2)c2cc(-c4ccccc4)ccc2n3-c2nc(-n3c4ccc(-c5ccccc5)cc4c4cc(-c5ccccc5)ccc43)c(-n3c4ccc(-c5ccccc5)cc4c4cc(-c5ccccc5)ccc43)c(-c3ccc(-c4cccc(-c5ccccc5)n4)cc3)c2-c2ccccc2)cc1. The monoisotopic (exact) mass is 1340 g/mol. The van der Waals surface area contributed by atoms with Crippen molar-refractivity contribution in [2.24, 2.45) is 0 Å². The average molecular weight is 1340 g/mol. The number of fused-ring (bicyclic) bond motifs is 9. The molecule has 5 aromatic heterocycles. The molecule has 0 aliphatic carbocycles. The summed E-state index contributed by atoms with van der Waals surface area (Å²) in [5.74, 6) is 1.54. The normalized spacial score (nSPS) is 11.6. The van der Waals surface area contributed by atoms with Crippen LogP contribution in [0.25, 0.3) is 194 Å². The van der Waals surface area contributed by atoms with Crippen LogP contribution in [0.4, 0.5) is 0 Å². The van der Waals surface area contributed by atoms with Crippen molar-refractivity contribution in [1.29, 1.82) is 0 Å². The first kappa shape index (κ1) is 60.9. The Morgan fingerprint density at radius 2 is 0.381 bits per heavy atom. The lowest BCUT2D eigenvalue weighted by atomic mass is 9.92. The van der Waals surface area contributed by atoms with Crippen LogP contribution < -0.4 is 0 Å². The third-order valence-corrected chi connectivity index (χ3v) is 21.1. The van der Waals surface area contributed by atoms with E-state index in [1.807, 2.05) is 0 Å². The molecule has 0 bridgehead atoms. The smallest absolute Gasteiger partial charge is 0.165 e. The van der Waals surface area contributed by atoms with E-state index >= 15 is 0 Å². The number of hydrogen-bond acceptors (Lipinski definition) is 2. The Morgan fingerprint density at radius 3 is 0.686 bits per heavy atom. The minimum Gasteiger partial charge on any atom is -0.305 e. The van der Waals surface area contributed by atoms with E-state index in [-0.39, 0.29) is 0 Å². The van der Waals surface area contributed by atoms with E-state index in [0.717, 1.165) is 194 Å². The number of aromatic nitrogens is 5. The average Bonchev–Trinajstić information content (AvgIpc) is 1.60. The van der Waals surface area contributed by atoms with Gasteiger partial charge < -0.3 is 4.57 Å². The van der Waals surface area contributed by atoms with E-state index in [2.05, 4.69) is 408 Å². The highest BCUT2D eigenvalue weighted by Crippen LogP contribution is 2.51. The molecule has 20 aromatic rings. The Morgan fingerprint density at radius 1 is 0.152 bits per heavy atom. The van der Waals surface area contributed by atoms with Gasteiger partial charge in [0.15, 0.2) is 5.82 Å². The molecule has 0 saturated carbocycles. The van der Waals surface area contributed by atoms with Gasteiger partial charge in [-0.15, -0.1) is 0 Å². The number of pyridine rings is 2. The number of hydrogen-bond donors (Lipinski definition) is 0. The van der Waals surface area contributed by atoms with Crippen LogP contribution in [0.2, 0.25) is 0 Å². The predicted molar refractivity (Wildman–Crippen MR) is 439 cm³/mol. The summed E-state index contributed by atoms with van der Waals surface area (Å²) in [6.45, 7) is 0. The molecular weight excluding hydrogens is 1270 g/mol. The van der Waals surface area contributed by atoms with Gasteiger partial charge in [0, 0.05) is 54.6 Å². The second-order valence-electron chi connectivity index (χ2n) is 27.2. The minimum atomic E-state index is 0.760. The largest absolute Gasteiger partial charge is 0.305 e. The zero-order valence-corrected chi connectivity index (χ0v) is 57.3. The van der Waals surface area contributed by atoms with Crippen molar-refractivity contribution in [2.45, 2.75) is 0 Å². The molecule has 15 aromatic carbocycles. The fourth-order valence-corrected chi connectivity index (χ4v) is 16.0. The molecule has 0 aliphatic heterocycles. The summed E-state index contributed by atoms with van der Waals surface area (Å²) in [5.41, 5.74) is 28.7. The van der Waals surface area contributed by atoms with Gasteiger partial charge in [-0.3, -0.25) is 9.13 Å². The fraction of sp³-hybridized carbons (Fsp3) is 0. The number of nitrogens with zero attached hydrogens (tertiary/aromatic N) is 5. The van der Waals surface area contributed by atoms with E-state index in [9.17, 15) is 0 Å². The van der Waals surface area contributed by atoms with Gasteiger partial charge in [-0.1, -0.05) is 309 Å². The molecule has 0 N–H and O–H groups in total. The van der Waals surface area contributed by atoms with Gasteiger partial charge in [-0.2, -0.15) is 0 Å². The molecule has 0 saturated heterocycles. The van der Waals surface area contributed by atoms with Crippen molar-refractivity contribution in [3.8, 4) is 129 Å². The quantitative estimate of drug-likeness (QED) is 0.115. The van der Waals surface area contributed by atoms with Gasteiger partial charge in [0.1, 0.15) is 5.82 Å². The van der Waals surface area contributed by atoms with E-state index in [1.165, 1.54) is 0 Å². The standard InChI is InChI=1S/C100H65N5/c1-9-26-66(27-10-1)76-48-54-90-82(60-76)83-61-77(67-28-11-2-12-29-67)49-55-91(83)103(90)98-96(75-46-44-73(45-47-75)89-43-25-42-88(101-89)72-38-21-7-22-39-72)97(74-40-23-8-24-41-74)99(104-92-56-50-78(68-30-13-3-14-31-68)62-84(92)85-63-79(51-57-93(85)104)69-32-15-4-16-33-69)102-100(98)105-94-58-52-80(70-34-17-5-18-35-70)64-86(94)87-65-81(53-59-95(87)105)71-36-19-6-20-37-71/h1-65H. The van der Waals surface area contributed by atoms with Crippen molar-refractivity contribution in [2.75, 3.05) is 0 Å². The first-order valence-electron chi connectivity index (χ1n) is 35.9. The summed E-state index contributed by atoms with van der Waals surface area (Å²) in [5, 5.41) is 6.72. The first-order chi connectivity index (χ1) is 52.1. The molecule has 0 atom stereocenters. The summed E-state index contributed by atoms with van der Waals surface area (Å²) in [6, 6.07) is 144. The summed E-state index contributed by atoms with van der Waals surface area (Å²) in [4.78, 5) is 12.0. The summed E-state index contributed by atoms with van der Waals surface area (Å²) in [6.07, 6.45) is 0. The van der Waals surface area contributed by atoms with Crippen molar-refractivity contribution in [3.63, 3.8) is 0 Å². The van der Waals surface area contributed by atoms with Gasteiger partial charge in [0.05, 0.1) is 50.2 Å². The Labute approximate surface area is 608 Å². The van der Waals surface area contributed by atoms with Gasteiger partial charge in [0.2, 0.25) is 0 Å². The molecule has 5 heteroatoms. The van der Waals surface area contributed by atoms with E-state index in [1.54, 1.807) is 0 Å². The summed E-state index contributed by atoms with van der Waals surface area (Å²) in [7, 11) is 0. The molecule has 0 radical (unpaired) electrons. The van der Waals surface area contributed by atoms with Gasteiger partial charge >= 0.3 is 0 Å². The van der Waals surface area contributed by atoms with Gasteiger partial charge in [0.25, 0.3) is 0 Å². The maximum absolute atomic E-state index is 6.64. The Kier molecular flexibility index (Phi) is 14.8. The molecule has 0 fully saturated rings. The Balaban J connectivity index is 0.985. The first-order valence-corrected chi connectivity index (χ1v) is 35.9. The van der Waals surface area contributed by atoms with Crippen LogP contribution in [-0.2, 0) is 0 Å². The maximum Gasteiger partial charge on any atom is 0.165 e. The highest BCUT2D eigenvalue weighted by Gasteiger charge is 2.32. The molecule has 0 amide bonds. The van der Waals surface area contributed by atoms with Crippen molar-refractivity contribution < 1.29 is 0 Å². The molecule has 0 unspecified atom stereocenters. The van der Waals surface area contributed by atoms with Crippen LogP contribution in [0.1, 0.15) is 0 Å². The van der Waals surface area contributed by atoms with Crippen molar-refractivity contribution in [3.05, 3.63) is 394 Å². The fourth-order valence-electron chi connectivity index (χ4n) is 16.0. The molecule has 490 valence electrons. The Hall–Kier alpha value is -14.0. The van der Waals surface area contributed by atoms with E-state index < -0.39 is 0 Å². The van der Waals surface area contributed by atoms with Gasteiger partial charge in [-0.25, -0.2) is 9.97 Å². The lowest BCUT2D eigenvalue weighted by Gasteiger charge is -2.26. The lowest BCUT2D eigenvalue weighted by molar-refractivity contribution is 0.987. The second-order valence-corrected chi connectivity index (χ2v) is 27.2. The van der Waals surface area contributed by atoms with Crippen LogP contribution in [-0.4, -0.2) is 23.7 Å². The lowest BCUT2D eigenvalue weighted by Crippen LogP contribution is -2.13. The summed E-state index contributed by atoms with van der Waals surface area (Å²) >= 11 is 0. The second kappa shape index (κ2) is 25.6. The van der Waals surface area contributed by atoms with Crippen LogP contribution in [0.15, 0.2) is 394 Å². The Bertz CT molecular complexity index is 6400. The third kappa shape index (κ3) is 10.6. The summed E-state index contributed by atoms with van der Waals surface area (Å²) < 4.78 is 7.51. The van der Waals surface area contributed by atoms with Crippen LogP contribution in [0.3, 0.4) is 0 Å². The topological polar surface area (TPSA) is 40.6 Å². The predicted octanol–water partition coefficient (Wildman–Crippen LogP) is 26.4. The molecule has 5 nitrogen and oxygen atoms in total.